The van der Waals surface area contributed by atoms with E-state index in [0.29, 0.717) is 29.3 Å². The van der Waals surface area contributed by atoms with E-state index in [-0.39, 0.29) is 11.9 Å². The van der Waals surface area contributed by atoms with Gasteiger partial charge in [-0.2, -0.15) is 0 Å². The lowest BCUT2D eigenvalue weighted by Gasteiger charge is -2.28. The fraction of sp³-hybridized carbons (Fsp3) is 0.625. The number of rotatable bonds is 7. The third-order valence-corrected chi connectivity index (χ3v) is 4.05. The number of nitrogens with two attached hydrogens (primary N) is 1. The van der Waals surface area contributed by atoms with E-state index in [1.165, 1.54) is 12.1 Å². The van der Waals surface area contributed by atoms with Crippen LogP contribution >= 0.6 is 11.6 Å². The molecule has 0 aliphatic rings. The molecule has 0 aliphatic heterocycles. The van der Waals surface area contributed by atoms with Crippen LogP contribution in [0.3, 0.4) is 0 Å². The van der Waals surface area contributed by atoms with Crippen LogP contribution in [0.4, 0.5) is 4.39 Å². The lowest BCUT2D eigenvalue weighted by Crippen LogP contribution is -2.35. The monoisotopic (exact) mass is 300 g/mol. The number of benzene rings is 1. The van der Waals surface area contributed by atoms with Crippen LogP contribution in [0.5, 0.6) is 0 Å². The second-order valence-corrected chi connectivity index (χ2v) is 6.49. The first-order chi connectivity index (χ1) is 9.35. The summed E-state index contributed by atoms with van der Waals surface area (Å²) in [5, 5.41) is 3.86. The Balaban J connectivity index is 2.76. The normalized spacial score (nSPS) is 13.5. The maximum Gasteiger partial charge on any atom is 0.125 e. The van der Waals surface area contributed by atoms with Gasteiger partial charge in [0.05, 0.1) is 0 Å². The molecule has 20 heavy (non-hydrogen) atoms. The molecular weight excluding hydrogens is 275 g/mol. The van der Waals surface area contributed by atoms with Gasteiger partial charge in [0.1, 0.15) is 5.82 Å². The Bertz CT molecular complexity index is 393. The van der Waals surface area contributed by atoms with Crippen molar-refractivity contribution in [3.8, 4) is 0 Å². The quantitative estimate of drug-likeness (QED) is 0.799. The predicted molar refractivity (Wildman–Crippen MR) is 84.4 cm³/mol. The molecule has 0 saturated heterocycles. The molecule has 1 aromatic carbocycles. The van der Waals surface area contributed by atoms with E-state index in [9.17, 15) is 4.39 Å². The van der Waals surface area contributed by atoms with Crippen molar-refractivity contribution < 1.29 is 4.39 Å². The van der Waals surface area contributed by atoms with E-state index in [4.69, 9.17) is 17.3 Å². The zero-order valence-corrected chi connectivity index (χ0v) is 13.5. The summed E-state index contributed by atoms with van der Waals surface area (Å²) in [4.78, 5) is 0. The molecule has 1 rings (SSSR count). The van der Waals surface area contributed by atoms with Crippen LogP contribution in [-0.4, -0.2) is 13.1 Å². The Kier molecular flexibility index (Phi) is 6.93. The number of hydrogen-bond donors (Lipinski definition) is 2. The largest absolute Gasteiger partial charge is 0.329 e. The molecule has 0 heterocycles. The first kappa shape index (κ1) is 17.4. The topological polar surface area (TPSA) is 38.0 Å². The molecule has 0 radical (unpaired) electrons. The van der Waals surface area contributed by atoms with Crippen LogP contribution in [-0.2, 0) is 0 Å². The van der Waals surface area contributed by atoms with Crippen molar-refractivity contribution in [2.45, 2.75) is 33.7 Å². The van der Waals surface area contributed by atoms with Crippen molar-refractivity contribution in [1.82, 2.24) is 5.32 Å². The van der Waals surface area contributed by atoms with Gasteiger partial charge in [0.2, 0.25) is 0 Å². The third kappa shape index (κ3) is 5.04. The van der Waals surface area contributed by atoms with Crippen LogP contribution in [0.25, 0.3) is 0 Å². The van der Waals surface area contributed by atoms with Crippen LogP contribution in [0.2, 0.25) is 5.02 Å². The van der Waals surface area contributed by atoms with Gasteiger partial charge in [0.25, 0.3) is 0 Å². The lowest BCUT2D eigenvalue weighted by molar-refractivity contribution is 0.266. The van der Waals surface area contributed by atoms with Gasteiger partial charge in [-0.05, 0) is 48.1 Å². The summed E-state index contributed by atoms with van der Waals surface area (Å²) in [7, 11) is 0. The zero-order valence-electron chi connectivity index (χ0n) is 12.8. The summed E-state index contributed by atoms with van der Waals surface area (Å²) in [6, 6.07) is 4.51. The van der Waals surface area contributed by atoms with Crippen molar-refractivity contribution in [2.75, 3.05) is 13.1 Å². The van der Waals surface area contributed by atoms with E-state index in [1.807, 2.05) is 0 Å². The summed E-state index contributed by atoms with van der Waals surface area (Å²) in [5.74, 6) is 1.43. The second-order valence-electron chi connectivity index (χ2n) is 6.05. The first-order valence-corrected chi connectivity index (χ1v) is 7.62. The molecule has 1 unspecified atom stereocenters. The van der Waals surface area contributed by atoms with Crippen molar-refractivity contribution in [1.29, 1.82) is 0 Å². The van der Waals surface area contributed by atoms with Crippen molar-refractivity contribution in [3.63, 3.8) is 0 Å². The molecule has 0 amide bonds. The van der Waals surface area contributed by atoms with Crippen molar-refractivity contribution in [2.24, 2.45) is 23.5 Å². The fourth-order valence-corrected chi connectivity index (χ4v) is 2.86. The minimum atomic E-state index is -0.322. The molecule has 0 saturated carbocycles. The van der Waals surface area contributed by atoms with Gasteiger partial charge in [0.15, 0.2) is 0 Å². The summed E-state index contributed by atoms with van der Waals surface area (Å²) in [6.45, 7) is 10.2. The van der Waals surface area contributed by atoms with Crippen molar-refractivity contribution in [3.05, 3.63) is 34.6 Å². The van der Waals surface area contributed by atoms with Gasteiger partial charge in [-0.1, -0.05) is 39.3 Å². The van der Waals surface area contributed by atoms with Crippen LogP contribution in [0.1, 0.15) is 39.3 Å². The smallest absolute Gasteiger partial charge is 0.125 e. The summed E-state index contributed by atoms with van der Waals surface area (Å²) >= 11 is 5.91. The number of halogens is 2. The number of hydrogen-bond acceptors (Lipinski definition) is 2. The van der Waals surface area contributed by atoms with Gasteiger partial charge in [-0.15, -0.1) is 0 Å². The molecule has 0 fully saturated rings. The Morgan fingerprint density at radius 2 is 1.75 bits per heavy atom. The van der Waals surface area contributed by atoms with Gasteiger partial charge in [0, 0.05) is 17.6 Å². The molecular formula is C16H26ClFN2. The average Bonchev–Trinajstić information content (AvgIpc) is 2.32. The summed E-state index contributed by atoms with van der Waals surface area (Å²) < 4.78 is 13.4. The van der Waals surface area contributed by atoms with Gasteiger partial charge in [-0.3, -0.25) is 0 Å². The second kappa shape index (κ2) is 7.96. The molecule has 1 atom stereocenters. The van der Waals surface area contributed by atoms with Crippen LogP contribution < -0.4 is 11.1 Å². The Morgan fingerprint density at radius 1 is 1.15 bits per heavy atom. The summed E-state index contributed by atoms with van der Waals surface area (Å²) in [5.41, 5.74) is 6.62. The zero-order chi connectivity index (χ0) is 15.3. The Morgan fingerprint density at radius 3 is 2.20 bits per heavy atom. The Hall–Kier alpha value is -0.640. The molecule has 0 bridgehead atoms. The lowest BCUT2D eigenvalue weighted by atomic mass is 9.85. The minimum Gasteiger partial charge on any atom is -0.329 e. The average molecular weight is 301 g/mol. The highest BCUT2D eigenvalue weighted by atomic mass is 35.5. The maximum absolute atomic E-state index is 13.4. The Labute approximate surface area is 126 Å². The van der Waals surface area contributed by atoms with E-state index < -0.39 is 0 Å². The highest BCUT2D eigenvalue weighted by Crippen LogP contribution is 2.23. The fourth-order valence-electron chi connectivity index (χ4n) is 2.63. The minimum absolute atomic E-state index is 0.0665. The number of nitrogens with one attached hydrogen (secondary N) is 1. The first-order valence-electron chi connectivity index (χ1n) is 7.24. The molecule has 4 heteroatoms. The SMILES string of the molecule is CC(C)C(CNC(CN)c1cc(F)cc(Cl)c1)C(C)C. The van der Waals surface area contributed by atoms with E-state index in [0.717, 1.165) is 12.1 Å². The van der Waals surface area contributed by atoms with Crippen LogP contribution in [0.15, 0.2) is 18.2 Å². The predicted octanol–water partition coefficient (Wildman–Crippen LogP) is 4.00. The molecule has 0 aromatic heterocycles. The molecule has 0 spiro atoms. The molecule has 114 valence electrons. The van der Waals surface area contributed by atoms with Gasteiger partial charge in [-0.25, -0.2) is 4.39 Å². The molecule has 0 aliphatic carbocycles. The summed E-state index contributed by atoms with van der Waals surface area (Å²) in [6.07, 6.45) is 0. The molecule has 3 N–H and O–H groups in total. The highest BCUT2D eigenvalue weighted by Gasteiger charge is 2.19. The van der Waals surface area contributed by atoms with Crippen LogP contribution in [0, 0.1) is 23.6 Å². The van der Waals surface area contributed by atoms with E-state index in [2.05, 4.69) is 33.0 Å². The third-order valence-electron chi connectivity index (χ3n) is 3.84. The van der Waals surface area contributed by atoms with Gasteiger partial charge >= 0.3 is 0 Å². The standard InChI is InChI=1S/C16H26ClFN2/c1-10(2)15(11(3)4)9-20-16(8-19)12-5-13(17)7-14(18)6-12/h5-7,10-11,15-16,20H,8-9,19H2,1-4H3. The van der Waals surface area contributed by atoms with E-state index >= 15 is 0 Å². The molecule has 2 nitrogen and oxygen atoms in total. The highest BCUT2D eigenvalue weighted by molar-refractivity contribution is 6.30. The van der Waals surface area contributed by atoms with E-state index in [1.54, 1.807) is 6.07 Å². The maximum atomic E-state index is 13.4. The van der Waals surface area contributed by atoms with Gasteiger partial charge < -0.3 is 11.1 Å². The molecule has 1 aromatic rings. The van der Waals surface area contributed by atoms with Crippen molar-refractivity contribution >= 4 is 11.6 Å².